The quantitative estimate of drug-likeness (QED) is 0.850. The Balaban J connectivity index is 2.01. The minimum absolute atomic E-state index is 0.428. The fraction of sp³-hybridized carbons (Fsp3) is 0.615. The Morgan fingerprint density at radius 3 is 2.79 bits per heavy atom. The van der Waals surface area contributed by atoms with E-state index in [9.17, 15) is 0 Å². The summed E-state index contributed by atoms with van der Waals surface area (Å²) in [5.74, 6) is 1.46. The molecule has 1 aliphatic heterocycles. The van der Waals surface area contributed by atoms with Crippen molar-refractivity contribution in [1.29, 1.82) is 5.26 Å². The molecule has 19 heavy (non-hydrogen) atoms. The van der Waals surface area contributed by atoms with Gasteiger partial charge >= 0.3 is 0 Å². The average Bonchev–Trinajstić information content (AvgIpc) is 2.75. The van der Waals surface area contributed by atoms with E-state index in [-0.39, 0.29) is 0 Å². The van der Waals surface area contributed by atoms with Crippen molar-refractivity contribution in [1.82, 2.24) is 14.9 Å². The van der Waals surface area contributed by atoms with E-state index in [1.807, 2.05) is 19.9 Å². The molecule has 1 saturated heterocycles. The molecular weight excluding hydrogens is 240 g/mol. The third kappa shape index (κ3) is 3.80. The Bertz CT molecular complexity index is 478. The normalized spacial score (nSPS) is 20.0. The number of hydrogen-bond donors (Lipinski definition) is 2. The highest BCUT2D eigenvalue weighted by Gasteiger charge is 2.20. The van der Waals surface area contributed by atoms with Crippen molar-refractivity contribution < 1.29 is 0 Å². The van der Waals surface area contributed by atoms with Crippen LogP contribution >= 0.6 is 0 Å². The molecule has 0 aliphatic carbocycles. The first-order valence-electron chi connectivity index (χ1n) is 6.45. The van der Waals surface area contributed by atoms with Crippen LogP contribution in [-0.2, 0) is 0 Å². The molecule has 0 saturated carbocycles. The predicted octanol–water partition coefficient (Wildman–Crippen LogP) is 1.31. The number of nitrogens with zero attached hydrogens (tertiary/aromatic N) is 4. The van der Waals surface area contributed by atoms with E-state index in [4.69, 9.17) is 5.26 Å². The van der Waals surface area contributed by atoms with Gasteiger partial charge in [0.25, 0.3) is 0 Å². The van der Waals surface area contributed by atoms with Crippen LogP contribution in [0.5, 0.6) is 0 Å². The molecule has 0 aromatic carbocycles. The van der Waals surface area contributed by atoms with Crippen molar-refractivity contribution in [3.05, 3.63) is 12.4 Å². The Kier molecular flexibility index (Phi) is 3.86. The molecule has 102 valence electrons. The minimum Gasteiger partial charge on any atom is -0.366 e. The van der Waals surface area contributed by atoms with E-state index in [0.717, 1.165) is 25.3 Å². The summed E-state index contributed by atoms with van der Waals surface area (Å²) in [6.45, 7) is 5.76. The van der Waals surface area contributed by atoms with Gasteiger partial charge in [-0.3, -0.25) is 0 Å². The van der Waals surface area contributed by atoms with Crippen LogP contribution < -0.4 is 10.6 Å². The monoisotopic (exact) mass is 260 g/mol. The highest BCUT2D eigenvalue weighted by atomic mass is 15.2. The fourth-order valence-electron chi connectivity index (χ4n) is 2.11. The van der Waals surface area contributed by atoms with Crippen LogP contribution in [0.25, 0.3) is 0 Å². The fourth-order valence-corrected chi connectivity index (χ4v) is 2.11. The second-order valence-electron chi connectivity index (χ2n) is 5.54. The van der Waals surface area contributed by atoms with E-state index in [1.54, 1.807) is 0 Å². The molecule has 6 heteroatoms. The summed E-state index contributed by atoms with van der Waals surface area (Å²) < 4.78 is 0. The highest BCUT2D eigenvalue weighted by Crippen LogP contribution is 2.17. The van der Waals surface area contributed by atoms with Gasteiger partial charge in [-0.05, 0) is 33.9 Å². The van der Waals surface area contributed by atoms with Gasteiger partial charge in [0.15, 0.2) is 0 Å². The molecule has 1 aromatic heterocycles. The largest absolute Gasteiger partial charge is 0.366 e. The van der Waals surface area contributed by atoms with Gasteiger partial charge in [-0.2, -0.15) is 5.26 Å². The van der Waals surface area contributed by atoms with Gasteiger partial charge in [0.2, 0.25) is 0 Å². The van der Waals surface area contributed by atoms with E-state index in [0.29, 0.717) is 11.9 Å². The van der Waals surface area contributed by atoms with E-state index < -0.39 is 5.54 Å². The van der Waals surface area contributed by atoms with Crippen LogP contribution in [0.1, 0.15) is 20.3 Å². The summed E-state index contributed by atoms with van der Waals surface area (Å²) in [6, 6.07) is 4.46. The maximum absolute atomic E-state index is 9.01. The molecule has 0 bridgehead atoms. The van der Waals surface area contributed by atoms with Crippen LogP contribution in [0.4, 0.5) is 11.6 Å². The van der Waals surface area contributed by atoms with Crippen molar-refractivity contribution in [2.75, 3.05) is 30.8 Å². The lowest BCUT2D eigenvalue weighted by atomic mass is 10.1. The van der Waals surface area contributed by atoms with Crippen molar-refractivity contribution in [3.63, 3.8) is 0 Å². The lowest BCUT2D eigenvalue weighted by Gasteiger charge is -2.19. The summed E-state index contributed by atoms with van der Waals surface area (Å²) >= 11 is 0. The van der Waals surface area contributed by atoms with Crippen LogP contribution in [0.15, 0.2) is 12.4 Å². The zero-order chi connectivity index (χ0) is 13.9. The molecule has 1 aromatic rings. The summed E-state index contributed by atoms with van der Waals surface area (Å²) in [7, 11) is 2.12. The van der Waals surface area contributed by atoms with Gasteiger partial charge in [0, 0.05) is 18.7 Å². The lowest BCUT2D eigenvalue weighted by Crippen LogP contribution is -2.29. The molecule has 2 heterocycles. The number of hydrogen-bond acceptors (Lipinski definition) is 6. The van der Waals surface area contributed by atoms with Gasteiger partial charge < -0.3 is 15.5 Å². The van der Waals surface area contributed by atoms with Gasteiger partial charge in [-0.1, -0.05) is 0 Å². The first-order chi connectivity index (χ1) is 8.98. The lowest BCUT2D eigenvalue weighted by molar-refractivity contribution is 0.414. The first kappa shape index (κ1) is 13.6. The summed E-state index contributed by atoms with van der Waals surface area (Å²) in [6.07, 6.45) is 2.63. The van der Waals surface area contributed by atoms with Gasteiger partial charge in [0.1, 0.15) is 23.5 Å². The standard InChI is InChI=1S/C13H20N6/c1-13(2,8-14)18-12-6-11(15-9-16-12)17-10-4-5-19(3)7-10/h6,9-10H,4-5,7H2,1-3H3,(H2,15,16,17,18). The Labute approximate surface area is 113 Å². The number of rotatable bonds is 4. The number of nitriles is 1. The highest BCUT2D eigenvalue weighted by molar-refractivity contribution is 5.49. The summed E-state index contributed by atoms with van der Waals surface area (Å²) in [5.41, 5.74) is -0.640. The molecule has 6 nitrogen and oxygen atoms in total. The molecule has 0 amide bonds. The van der Waals surface area contributed by atoms with E-state index in [1.165, 1.54) is 6.33 Å². The third-order valence-electron chi connectivity index (χ3n) is 3.13. The Morgan fingerprint density at radius 1 is 1.42 bits per heavy atom. The van der Waals surface area contributed by atoms with Crippen LogP contribution in [-0.4, -0.2) is 46.6 Å². The SMILES string of the molecule is CN1CCC(Nc2cc(NC(C)(C)C#N)ncn2)C1. The second-order valence-corrected chi connectivity index (χ2v) is 5.54. The number of likely N-dealkylation sites (N-methyl/N-ethyl adjacent to an activating group) is 1. The molecule has 1 atom stereocenters. The van der Waals surface area contributed by atoms with Crippen LogP contribution in [0.3, 0.4) is 0 Å². The van der Waals surface area contributed by atoms with Gasteiger partial charge in [-0.15, -0.1) is 0 Å². The number of likely N-dealkylation sites (tertiary alicyclic amines) is 1. The van der Waals surface area contributed by atoms with Crippen molar-refractivity contribution >= 4 is 11.6 Å². The average molecular weight is 260 g/mol. The molecule has 2 N–H and O–H groups in total. The maximum Gasteiger partial charge on any atom is 0.132 e. The third-order valence-corrected chi connectivity index (χ3v) is 3.13. The van der Waals surface area contributed by atoms with Crippen molar-refractivity contribution in [2.45, 2.75) is 31.8 Å². The summed E-state index contributed by atoms with van der Waals surface area (Å²) in [5, 5.41) is 15.5. The first-order valence-corrected chi connectivity index (χ1v) is 6.45. The van der Waals surface area contributed by atoms with Crippen molar-refractivity contribution in [3.8, 4) is 6.07 Å². The second kappa shape index (κ2) is 5.41. The zero-order valence-corrected chi connectivity index (χ0v) is 11.6. The zero-order valence-electron chi connectivity index (χ0n) is 11.6. The topological polar surface area (TPSA) is 76.9 Å². The predicted molar refractivity (Wildman–Crippen MR) is 74.9 cm³/mol. The Hall–Kier alpha value is -1.87. The molecule has 1 fully saturated rings. The molecule has 1 aliphatic rings. The number of nitrogens with one attached hydrogen (secondary N) is 2. The van der Waals surface area contributed by atoms with Gasteiger partial charge in [-0.25, -0.2) is 9.97 Å². The van der Waals surface area contributed by atoms with Crippen molar-refractivity contribution in [2.24, 2.45) is 0 Å². The van der Waals surface area contributed by atoms with E-state index >= 15 is 0 Å². The molecule has 2 rings (SSSR count). The maximum atomic E-state index is 9.01. The molecular formula is C13H20N6. The number of aromatic nitrogens is 2. The van der Waals surface area contributed by atoms with Crippen LogP contribution in [0, 0.1) is 11.3 Å². The molecule has 1 unspecified atom stereocenters. The van der Waals surface area contributed by atoms with Crippen LogP contribution in [0.2, 0.25) is 0 Å². The minimum atomic E-state index is -0.640. The van der Waals surface area contributed by atoms with E-state index in [2.05, 4.69) is 38.6 Å². The summed E-state index contributed by atoms with van der Waals surface area (Å²) in [4.78, 5) is 10.6. The smallest absolute Gasteiger partial charge is 0.132 e. The Morgan fingerprint density at radius 2 is 2.16 bits per heavy atom. The molecule has 0 spiro atoms. The number of anilines is 2. The van der Waals surface area contributed by atoms with Gasteiger partial charge in [0.05, 0.1) is 6.07 Å². The molecule has 0 radical (unpaired) electrons.